The first-order chi connectivity index (χ1) is 8.06. The minimum Gasteiger partial charge on any atom is -0.480 e. The third kappa shape index (κ3) is 3.57. The lowest BCUT2D eigenvalue weighted by molar-refractivity contribution is -0.145. The van der Waals surface area contributed by atoms with Gasteiger partial charge in [0.1, 0.15) is 6.10 Å². The molecule has 1 aromatic rings. The molecule has 0 aliphatic heterocycles. The van der Waals surface area contributed by atoms with Crippen molar-refractivity contribution in [1.82, 2.24) is 5.32 Å². The Morgan fingerprint density at radius 1 is 1.29 bits per heavy atom. The summed E-state index contributed by atoms with van der Waals surface area (Å²) in [5, 5.41) is 21.2. The zero-order valence-electron chi connectivity index (χ0n) is 9.46. The van der Waals surface area contributed by atoms with E-state index in [0.717, 1.165) is 0 Å². The highest BCUT2D eigenvalue weighted by molar-refractivity contribution is 5.83. The van der Waals surface area contributed by atoms with Crippen molar-refractivity contribution in [2.24, 2.45) is 0 Å². The molecule has 2 atom stereocenters. The molecule has 1 amide bonds. The van der Waals surface area contributed by atoms with Crippen LogP contribution in [-0.2, 0) is 9.59 Å². The van der Waals surface area contributed by atoms with Gasteiger partial charge >= 0.3 is 5.97 Å². The minimum absolute atomic E-state index is 0.172. The van der Waals surface area contributed by atoms with Crippen molar-refractivity contribution in [3.63, 3.8) is 0 Å². The van der Waals surface area contributed by atoms with Gasteiger partial charge in [0.15, 0.2) is 6.04 Å². The van der Waals surface area contributed by atoms with E-state index >= 15 is 0 Å². The molecule has 0 bridgehead atoms. The first-order valence-corrected chi connectivity index (χ1v) is 5.31. The smallest absolute Gasteiger partial charge is 0.329 e. The Bertz CT molecular complexity index is 391. The summed E-state index contributed by atoms with van der Waals surface area (Å²) in [7, 11) is 0. The molecule has 0 aromatic heterocycles. The summed E-state index contributed by atoms with van der Waals surface area (Å²) in [6.45, 7) is 1.61. The van der Waals surface area contributed by atoms with Crippen LogP contribution in [0.2, 0.25) is 0 Å². The van der Waals surface area contributed by atoms with Crippen LogP contribution >= 0.6 is 0 Å². The summed E-state index contributed by atoms with van der Waals surface area (Å²) in [6, 6.07) is 7.04. The van der Waals surface area contributed by atoms with E-state index in [9.17, 15) is 14.7 Å². The van der Waals surface area contributed by atoms with Crippen LogP contribution in [0.3, 0.4) is 0 Å². The first kappa shape index (κ1) is 13.2. The molecule has 0 unspecified atom stereocenters. The molecule has 3 N–H and O–H groups in total. The Labute approximate surface area is 99.1 Å². The number of rotatable bonds is 5. The molecule has 0 saturated carbocycles. The number of aliphatic hydroxyl groups is 1. The van der Waals surface area contributed by atoms with Crippen molar-refractivity contribution in [3.05, 3.63) is 35.9 Å². The summed E-state index contributed by atoms with van der Waals surface area (Å²) in [6.07, 6.45) is -1.09. The Hall–Kier alpha value is -1.88. The van der Waals surface area contributed by atoms with Gasteiger partial charge in [-0.3, -0.25) is 4.79 Å². The number of carbonyl (C=O) groups is 2. The summed E-state index contributed by atoms with van der Waals surface area (Å²) in [5.41, 5.74) is 0.455. The first-order valence-electron chi connectivity index (χ1n) is 5.31. The number of carbonyl (C=O) groups excluding carboxylic acids is 1. The molecule has 92 valence electrons. The molecule has 1 aromatic carbocycles. The lowest BCUT2D eigenvalue weighted by Gasteiger charge is -2.20. The van der Waals surface area contributed by atoms with Crippen LogP contribution < -0.4 is 5.32 Å². The predicted octanol–water partition coefficient (Wildman–Crippen LogP) is 0.699. The Kier molecular flexibility index (Phi) is 4.66. The van der Waals surface area contributed by atoms with Gasteiger partial charge in [0.05, 0.1) is 0 Å². The summed E-state index contributed by atoms with van der Waals surface area (Å²) in [5.74, 6) is -1.67. The van der Waals surface area contributed by atoms with E-state index in [1.54, 1.807) is 37.3 Å². The van der Waals surface area contributed by atoms with E-state index in [1.165, 1.54) is 0 Å². The molecule has 0 spiro atoms. The van der Waals surface area contributed by atoms with E-state index in [2.05, 4.69) is 5.32 Å². The second kappa shape index (κ2) is 6.00. The lowest BCUT2D eigenvalue weighted by atomic mass is 10.0. The fraction of sp³-hybridized carbons (Fsp3) is 0.333. The second-order valence-electron chi connectivity index (χ2n) is 3.59. The predicted molar refractivity (Wildman–Crippen MR) is 61.3 cm³/mol. The zero-order chi connectivity index (χ0) is 12.8. The lowest BCUT2D eigenvalue weighted by Crippen LogP contribution is -2.44. The van der Waals surface area contributed by atoms with Gasteiger partial charge in [-0.2, -0.15) is 0 Å². The second-order valence-corrected chi connectivity index (χ2v) is 3.59. The molecule has 5 nitrogen and oxygen atoms in total. The maximum absolute atomic E-state index is 11.2. The number of hydrogen-bond acceptors (Lipinski definition) is 3. The number of aliphatic carboxylic acids is 1. The highest BCUT2D eigenvalue weighted by Gasteiger charge is 2.28. The number of benzene rings is 1. The molecule has 17 heavy (non-hydrogen) atoms. The van der Waals surface area contributed by atoms with Crippen molar-refractivity contribution < 1.29 is 19.8 Å². The fourth-order valence-corrected chi connectivity index (χ4v) is 1.39. The highest BCUT2D eigenvalue weighted by atomic mass is 16.4. The van der Waals surface area contributed by atoms with Gasteiger partial charge in [0, 0.05) is 6.42 Å². The van der Waals surface area contributed by atoms with Crippen molar-refractivity contribution in [3.8, 4) is 0 Å². The third-order valence-corrected chi connectivity index (χ3v) is 2.36. The molecule has 0 radical (unpaired) electrons. The van der Waals surface area contributed by atoms with E-state index in [-0.39, 0.29) is 6.42 Å². The van der Waals surface area contributed by atoms with Crippen LogP contribution in [0.15, 0.2) is 30.3 Å². The monoisotopic (exact) mass is 237 g/mol. The molecular weight excluding hydrogens is 222 g/mol. The van der Waals surface area contributed by atoms with Crippen molar-refractivity contribution in [1.29, 1.82) is 0 Å². The molecule has 0 aliphatic rings. The summed E-state index contributed by atoms with van der Waals surface area (Å²) >= 11 is 0. The van der Waals surface area contributed by atoms with Gasteiger partial charge in [0.2, 0.25) is 5.91 Å². The normalized spacial score (nSPS) is 13.8. The maximum atomic E-state index is 11.2. The molecular formula is C12H15NO4. The van der Waals surface area contributed by atoms with E-state index in [4.69, 9.17) is 5.11 Å². The van der Waals surface area contributed by atoms with Crippen LogP contribution in [0.1, 0.15) is 25.0 Å². The molecule has 1 rings (SSSR count). The summed E-state index contributed by atoms with van der Waals surface area (Å²) in [4.78, 5) is 22.2. The molecule has 0 saturated heterocycles. The minimum atomic E-state index is -1.33. The van der Waals surface area contributed by atoms with Crippen LogP contribution in [0.5, 0.6) is 0 Å². The number of carboxylic acid groups (broad SMARTS) is 1. The number of hydrogen-bond donors (Lipinski definition) is 3. The van der Waals surface area contributed by atoms with Gasteiger partial charge in [-0.15, -0.1) is 0 Å². The molecule has 0 heterocycles. The van der Waals surface area contributed by atoms with Gasteiger partial charge in [-0.1, -0.05) is 37.3 Å². The van der Waals surface area contributed by atoms with E-state index in [1.807, 2.05) is 0 Å². The van der Waals surface area contributed by atoms with Gasteiger partial charge < -0.3 is 15.5 Å². The number of carboxylic acids is 1. The standard InChI is InChI=1S/C12H15NO4/c1-2-9(14)13-10(12(16)17)11(15)8-6-4-3-5-7-8/h3-7,10-11,15H,2H2,1H3,(H,13,14)(H,16,17)/t10-,11+/m0/s1. The number of nitrogens with one attached hydrogen (secondary N) is 1. The molecule has 5 heteroatoms. The Morgan fingerprint density at radius 3 is 2.35 bits per heavy atom. The van der Waals surface area contributed by atoms with Crippen LogP contribution in [0.4, 0.5) is 0 Å². The number of amides is 1. The van der Waals surface area contributed by atoms with Crippen molar-refractivity contribution >= 4 is 11.9 Å². The van der Waals surface area contributed by atoms with Crippen molar-refractivity contribution in [2.75, 3.05) is 0 Å². The quantitative estimate of drug-likeness (QED) is 0.703. The van der Waals surface area contributed by atoms with E-state index < -0.39 is 24.0 Å². The molecule has 0 fully saturated rings. The largest absolute Gasteiger partial charge is 0.480 e. The van der Waals surface area contributed by atoms with E-state index in [0.29, 0.717) is 5.56 Å². The van der Waals surface area contributed by atoms with Crippen LogP contribution in [-0.4, -0.2) is 28.1 Å². The number of aliphatic hydroxyl groups excluding tert-OH is 1. The van der Waals surface area contributed by atoms with Crippen LogP contribution in [0, 0.1) is 0 Å². The average molecular weight is 237 g/mol. The van der Waals surface area contributed by atoms with Gasteiger partial charge in [-0.25, -0.2) is 4.79 Å². The van der Waals surface area contributed by atoms with Crippen LogP contribution in [0.25, 0.3) is 0 Å². The SMILES string of the molecule is CCC(=O)N[C@H](C(=O)O)[C@H](O)c1ccccc1. The molecule has 0 aliphatic carbocycles. The third-order valence-electron chi connectivity index (χ3n) is 2.36. The Balaban J connectivity index is 2.84. The average Bonchev–Trinajstić information content (AvgIpc) is 2.35. The Morgan fingerprint density at radius 2 is 1.88 bits per heavy atom. The summed E-state index contributed by atoms with van der Waals surface area (Å²) < 4.78 is 0. The highest BCUT2D eigenvalue weighted by Crippen LogP contribution is 2.16. The zero-order valence-corrected chi connectivity index (χ0v) is 9.46. The van der Waals surface area contributed by atoms with Crippen molar-refractivity contribution in [2.45, 2.75) is 25.5 Å². The maximum Gasteiger partial charge on any atom is 0.329 e. The van der Waals surface area contributed by atoms with Gasteiger partial charge in [0.25, 0.3) is 0 Å². The van der Waals surface area contributed by atoms with Gasteiger partial charge in [-0.05, 0) is 5.56 Å². The fourth-order valence-electron chi connectivity index (χ4n) is 1.39. The topological polar surface area (TPSA) is 86.6 Å².